The first-order valence-electron chi connectivity index (χ1n) is 7.20. The maximum Gasteiger partial charge on any atom is 0.345 e. The van der Waals surface area contributed by atoms with E-state index in [0.717, 1.165) is 0 Å². The summed E-state index contributed by atoms with van der Waals surface area (Å²) in [7, 11) is -1.89. The Kier molecular flexibility index (Phi) is 4.27. The molecular formula is C15H15FN2O5S. The number of esters is 1. The molecule has 1 atom stereocenters. The van der Waals surface area contributed by atoms with Crippen LogP contribution in [-0.4, -0.2) is 44.2 Å². The maximum absolute atomic E-state index is 13.4. The smallest absolute Gasteiger partial charge is 0.345 e. The Morgan fingerprint density at radius 1 is 1.46 bits per heavy atom. The molecule has 3 rings (SSSR count). The number of hydrogen-bond acceptors (Lipinski definition) is 7. The van der Waals surface area contributed by atoms with E-state index in [1.807, 2.05) is 0 Å². The van der Waals surface area contributed by atoms with E-state index < -0.39 is 21.6 Å². The molecule has 0 radical (unpaired) electrons. The molecule has 0 amide bonds. The monoisotopic (exact) mass is 354 g/mol. The summed E-state index contributed by atoms with van der Waals surface area (Å²) in [5.74, 6) is -1.16. The predicted octanol–water partition coefficient (Wildman–Crippen LogP) is 1.87. The third-order valence-corrected chi connectivity index (χ3v) is 5.52. The Bertz CT molecular complexity index is 878. The number of nitrogens with zero attached hydrogens (tertiary/aromatic N) is 1. The number of methoxy groups -OCH3 is 1. The summed E-state index contributed by atoms with van der Waals surface area (Å²) < 4.78 is 46.4. The minimum Gasteiger partial charge on any atom is -0.465 e. The van der Waals surface area contributed by atoms with Crippen molar-refractivity contribution >= 4 is 21.7 Å². The van der Waals surface area contributed by atoms with Gasteiger partial charge in [0.1, 0.15) is 11.5 Å². The van der Waals surface area contributed by atoms with E-state index >= 15 is 0 Å². The minimum absolute atomic E-state index is 0.00685. The fourth-order valence-electron chi connectivity index (χ4n) is 2.61. The highest BCUT2D eigenvalue weighted by atomic mass is 32.2. The summed E-state index contributed by atoms with van der Waals surface area (Å²) in [5, 5.41) is 6.70. The molecule has 9 heteroatoms. The number of sulfone groups is 1. The summed E-state index contributed by atoms with van der Waals surface area (Å²) in [6, 6.07) is 5.17. The molecule has 0 bridgehead atoms. The number of rotatable bonds is 4. The number of anilines is 1. The van der Waals surface area contributed by atoms with Gasteiger partial charge in [0.05, 0.1) is 18.6 Å². The van der Waals surface area contributed by atoms with E-state index in [0.29, 0.717) is 12.0 Å². The first-order valence-corrected chi connectivity index (χ1v) is 9.02. The molecule has 128 valence electrons. The van der Waals surface area contributed by atoms with Crippen LogP contribution in [0.25, 0.3) is 11.3 Å². The van der Waals surface area contributed by atoms with Crippen molar-refractivity contribution in [3.63, 3.8) is 0 Å². The SMILES string of the molecule is COC(=O)c1c(-c2cccc(F)c2)noc1N[C@@H]1CCS(=O)(=O)C1. The van der Waals surface area contributed by atoms with Gasteiger partial charge in [-0.1, -0.05) is 17.3 Å². The van der Waals surface area contributed by atoms with Crippen molar-refractivity contribution in [3.05, 3.63) is 35.6 Å². The number of benzene rings is 1. The first kappa shape index (κ1) is 16.4. The van der Waals surface area contributed by atoms with E-state index in [4.69, 9.17) is 9.26 Å². The summed E-state index contributed by atoms with van der Waals surface area (Å²) in [5.41, 5.74) is 0.489. The lowest BCUT2D eigenvalue weighted by atomic mass is 10.1. The van der Waals surface area contributed by atoms with Gasteiger partial charge in [-0.05, 0) is 18.6 Å². The lowest BCUT2D eigenvalue weighted by Gasteiger charge is -2.10. The van der Waals surface area contributed by atoms with Gasteiger partial charge in [-0.15, -0.1) is 0 Å². The zero-order chi connectivity index (χ0) is 17.3. The Hall–Kier alpha value is -2.42. The standard InChI is InChI=1S/C15H15FN2O5S/c1-22-15(19)12-13(9-3-2-4-10(16)7-9)18-23-14(12)17-11-5-6-24(20,21)8-11/h2-4,7,11,17H,5-6,8H2,1H3/t11-/m1/s1. The quantitative estimate of drug-likeness (QED) is 0.837. The highest BCUT2D eigenvalue weighted by Crippen LogP contribution is 2.31. The number of hydrogen-bond donors (Lipinski definition) is 1. The van der Waals surface area contributed by atoms with Gasteiger partial charge in [0.25, 0.3) is 0 Å². The zero-order valence-corrected chi connectivity index (χ0v) is 13.6. The second-order valence-electron chi connectivity index (χ2n) is 5.48. The molecule has 0 saturated carbocycles. The van der Waals surface area contributed by atoms with Gasteiger partial charge < -0.3 is 14.6 Å². The number of halogens is 1. The highest BCUT2D eigenvalue weighted by molar-refractivity contribution is 7.91. The number of carbonyl (C=O) groups is 1. The molecule has 0 aliphatic carbocycles. The van der Waals surface area contributed by atoms with Crippen molar-refractivity contribution in [2.75, 3.05) is 23.9 Å². The molecule has 1 aromatic heterocycles. The third kappa shape index (κ3) is 3.25. The molecule has 0 spiro atoms. The molecule has 24 heavy (non-hydrogen) atoms. The molecule has 0 unspecified atom stereocenters. The molecule has 1 fully saturated rings. The first-order chi connectivity index (χ1) is 11.4. The number of nitrogens with one attached hydrogen (secondary N) is 1. The third-order valence-electron chi connectivity index (χ3n) is 3.75. The van der Waals surface area contributed by atoms with Crippen molar-refractivity contribution in [1.29, 1.82) is 0 Å². The van der Waals surface area contributed by atoms with Crippen LogP contribution in [0.5, 0.6) is 0 Å². The average Bonchev–Trinajstić information content (AvgIpc) is 3.10. The van der Waals surface area contributed by atoms with Gasteiger partial charge in [-0.2, -0.15) is 0 Å². The van der Waals surface area contributed by atoms with E-state index in [1.165, 1.54) is 25.3 Å². The Morgan fingerprint density at radius 3 is 2.88 bits per heavy atom. The van der Waals surface area contributed by atoms with Crippen LogP contribution < -0.4 is 5.32 Å². The molecule has 1 N–H and O–H groups in total. The summed E-state index contributed by atoms with van der Waals surface area (Å²) >= 11 is 0. The van der Waals surface area contributed by atoms with Crippen LogP contribution in [0.2, 0.25) is 0 Å². The molecule has 1 aliphatic rings. The molecule has 2 aromatic rings. The highest BCUT2D eigenvalue weighted by Gasteiger charge is 2.32. The van der Waals surface area contributed by atoms with Crippen molar-refractivity contribution in [2.45, 2.75) is 12.5 Å². The molecule has 1 saturated heterocycles. The lowest BCUT2D eigenvalue weighted by Crippen LogP contribution is -2.21. The fraction of sp³-hybridized carbons (Fsp3) is 0.333. The van der Waals surface area contributed by atoms with Gasteiger partial charge in [-0.25, -0.2) is 17.6 Å². The van der Waals surface area contributed by atoms with Crippen LogP contribution in [0.1, 0.15) is 16.8 Å². The fourth-order valence-corrected chi connectivity index (χ4v) is 4.28. The largest absolute Gasteiger partial charge is 0.465 e. The van der Waals surface area contributed by atoms with E-state index in [-0.39, 0.29) is 34.7 Å². The second-order valence-corrected chi connectivity index (χ2v) is 7.71. The minimum atomic E-state index is -3.10. The van der Waals surface area contributed by atoms with Crippen LogP contribution >= 0.6 is 0 Å². The predicted molar refractivity (Wildman–Crippen MR) is 83.9 cm³/mol. The molecule has 2 heterocycles. The Morgan fingerprint density at radius 2 is 2.25 bits per heavy atom. The molecular weight excluding hydrogens is 339 g/mol. The van der Waals surface area contributed by atoms with Crippen molar-refractivity contribution < 1.29 is 26.9 Å². The topological polar surface area (TPSA) is 98.5 Å². The van der Waals surface area contributed by atoms with E-state index in [9.17, 15) is 17.6 Å². The molecule has 1 aliphatic heterocycles. The Labute approximate surface area is 137 Å². The van der Waals surface area contributed by atoms with Crippen LogP contribution in [-0.2, 0) is 14.6 Å². The summed E-state index contributed by atoms with van der Waals surface area (Å²) in [6.45, 7) is 0. The van der Waals surface area contributed by atoms with Gasteiger partial charge in [0, 0.05) is 11.6 Å². The van der Waals surface area contributed by atoms with Gasteiger partial charge in [0.2, 0.25) is 5.88 Å². The van der Waals surface area contributed by atoms with E-state index in [1.54, 1.807) is 6.07 Å². The van der Waals surface area contributed by atoms with Gasteiger partial charge >= 0.3 is 5.97 Å². The van der Waals surface area contributed by atoms with Crippen molar-refractivity contribution in [2.24, 2.45) is 0 Å². The number of aromatic nitrogens is 1. The van der Waals surface area contributed by atoms with Crippen molar-refractivity contribution in [3.8, 4) is 11.3 Å². The van der Waals surface area contributed by atoms with Crippen molar-refractivity contribution in [1.82, 2.24) is 5.16 Å². The molecule has 1 aromatic carbocycles. The maximum atomic E-state index is 13.4. The second kappa shape index (κ2) is 6.23. The van der Waals surface area contributed by atoms with Crippen LogP contribution in [0.4, 0.5) is 10.3 Å². The van der Waals surface area contributed by atoms with Crippen LogP contribution in [0, 0.1) is 5.82 Å². The average molecular weight is 354 g/mol. The van der Waals surface area contributed by atoms with E-state index in [2.05, 4.69) is 10.5 Å². The zero-order valence-electron chi connectivity index (χ0n) is 12.8. The molecule has 7 nitrogen and oxygen atoms in total. The number of carbonyl (C=O) groups excluding carboxylic acids is 1. The van der Waals surface area contributed by atoms with Crippen LogP contribution in [0.3, 0.4) is 0 Å². The summed E-state index contributed by atoms with van der Waals surface area (Å²) in [6.07, 6.45) is 0.402. The normalized spacial score (nSPS) is 19.2. The van der Waals surface area contributed by atoms with Crippen LogP contribution in [0.15, 0.2) is 28.8 Å². The number of ether oxygens (including phenoxy) is 1. The van der Waals surface area contributed by atoms with Gasteiger partial charge in [0.15, 0.2) is 15.4 Å². The van der Waals surface area contributed by atoms with Gasteiger partial charge in [-0.3, -0.25) is 0 Å². The summed E-state index contributed by atoms with van der Waals surface area (Å²) in [4.78, 5) is 12.1. The lowest BCUT2D eigenvalue weighted by molar-refractivity contribution is 0.0602. The Balaban J connectivity index is 1.97.